The molecule has 0 aromatic rings. The Morgan fingerprint density at radius 1 is 0.909 bits per heavy atom. The fourth-order valence-corrected chi connectivity index (χ4v) is 0.698. The molecule has 0 amide bonds. The van der Waals surface area contributed by atoms with Gasteiger partial charge in [0, 0.05) is 0 Å². The van der Waals surface area contributed by atoms with E-state index in [1.54, 1.807) is 6.08 Å². The number of hydrogen-bond acceptors (Lipinski definition) is 0. The first-order valence-corrected chi connectivity index (χ1v) is 3.97. The summed E-state index contributed by atoms with van der Waals surface area (Å²) < 4.78 is 0. The predicted octanol–water partition coefficient (Wildman–Crippen LogP) is 3.64. The molecule has 0 saturated carbocycles. The van der Waals surface area contributed by atoms with Gasteiger partial charge in [0.1, 0.15) is 0 Å². The highest BCUT2D eigenvalue weighted by atomic mass is 13.8. The maximum atomic E-state index is 3.66. The van der Waals surface area contributed by atoms with Crippen LogP contribution in [0.3, 0.4) is 0 Å². The van der Waals surface area contributed by atoms with Crippen LogP contribution >= 0.6 is 0 Å². The van der Waals surface area contributed by atoms with E-state index in [1.807, 2.05) is 24.3 Å². The van der Waals surface area contributed by atoms with Crippen LogP contribution in [0.4, 0.5) is 0 Å². The summed E-state index contributed by atoms with van der Waals surface area (Å²) in [5, 5.41) is 0. The minimum Gasteiger partial charge on any atom is -0.103 e. The Morgan fingerprint density at radius 3 is 2.36 bits per heavy atom. The first kappa shape index (κ1) is 9.96. The lowest BCUT2D eigenvalue weighted by Crippen LogP contribution is -1.66. The molecule has 0 bridgehead atoms. The molecule has 0 aliphatic carbocycles. The quantitative estimate of drug-likeness (QED) is 0.306. The van der Waals surface area contributed by atoms with E-state index in [-0.39, 0.29) is 0 Å². The minimum atomic E-state index is 1.11. The summed E-state index contributed by atoms with van der Waals surface area (Å²) in [7, 11) is 0. The Bertz CT molecular complexity index is 149. The lowest BCUT2D eigenvalue weighted by molar-refractivity contribution is 0.870. The fourth-order valence-electron chi connectivity index (χ4n) is 0.698. The van der Waals surface area contributed by atoms with E-state index in [0.29, 0.717) is 0 Å². The second-order valence-corrected chi connectivity index (χ2v) is 2.27. The largest absolute Gasteiger partial charge is 0.103 e. The number of allylic oxidation sites excluding steroid dienone is 6. The molecule has 60 valence electrons. The van der Waals surface area contributed by atoms with Crippen LogP contribution in [0.2, 0.25) is 0 Å². The number of rotatable bonds is 6. The molecule has 0 saturated heterocycles. The van der Waals surface area contributed by atoms with Crippen molar-refractivity contribution in [2.45, 2.75) is 19.3 Å². The van der Waals surface area contributed by atoms with Gasteiger partial charge in [-0.15, -0.1) is 6.58 Å². The topological polar surface area (TPSA) is 0 Å². The van der Waals surface area contributed by atoms with E-state index in [0.717, 1.165) is 12.8 Å². The van der Waals surface area contributed by atoms with Crippen molar-refractivity contribution in [1.82, 2.24) is 0 Å². The van der Waals surface area contributed by atoms with E-state index in [4.69, 9.17) is 0 Å². The van der Waals surface area contributed by atoms with Crippen molar-refractivity contribution >= 4 is 0 Å². The molecule has 0 heterocycles. The normalized spacial score (nSPS) is 10.9. The van der Waals surface area contributed by atoms with Crippen LogP contribution in [0.1, 0.15) is 19.3 Å². The van der Waals surface area contributed by atoms with Crippen LogP contribution in [-0.4, -0.2) is 0 Å². The lowest BCUT2D eigenvalue weighted by Gasteiger charge is -1.86. The molecule has 0 heteroatoms. The maximum Gasteiger partial charge on any atom is -0.0345 e. The van der Waals surface area contributed by atoms with Crippen molar-refractivity contribution in [1.29, 1.82) is 0 Å². The highest BCUT2D eigenvalue weighted by Crippen LogP contribution is 1.96. The predicted molar refractivity (Wildman–Crippen MR) is 52.5 cm³/mol. The van der Waals surface area contributed by atoms with Crippen LogP contribution < -0.4 is 0 Å². The third-order valence-corrected chi connectivity index (χ3v) is 1.27. The van der Waals surface area contributed by atoms with E-state index in [1.165, 1.54) is 6.42 Å². The highest BCUT2D eigenvalue weighted by Gasteiger charge is 1.76. The van der Waals surface area contributed by atoms with Crippen molar-refractivity contribution in [3.05, 3.63) is 49.6 Å². The van der Waals surface area contributed by atoms with Gasteiger partial charge in [-0.25, -0.2) is 0 Å². The second-order valence-electron chi connectivity index (χ2n) is 2.27. The van der Waals surface area contributed by atoms with Crippen LogP contribution in [0, 0.1) is 0 Å². The monoisotopic (exact) mass is 148 g/mol. The van der Waals surface area contributed by atoms with Gasteiger partial charge in [-0.1, -0.05) is 43.0 Å². The molecular weight excluding hydrogens is 132 g/mol. The molecule has 0 radical (unpaired) electrons. The Hall–Kier alpha value is -1.04. The number of hydrogen-bond donors (Lipinski definition) is 0. The first-order chi connectivity index (χ1) is 5.41. The summed E-state index contributed by atoms with van der Waals surface area (Å²) >= 11 is 0. The Labute approximate surface area is 69.6 Å². The molecule has 0 fully saturated rings. The molecule has 0 unspecified atom stereocenters. The molecule has 0 aromatic carbocycles. The van der Waals surface area contributed by atoms with Gasteiger partial charge in [0.15, 0.2) is 0 Å². The zero-order valence-electron chi connectivity index (χ0n) is 7.00. The molecule has 0 spiro atoms. The van der Waals surface area contributed by atoms with E-state index < -0.39 is 0 Å². The van der Waals surface area contributed by atoms with Gasteiger partial charge in [0.2, 0.25) is 0 Å². The van der Waals surface area contributed by atoms with Crippen LogP contribution in [0.25, 0.3) is 0 Å². The molecule has 0 nitrogen and oxygen atoms in total. The lowest BCUT2D eigenvalue weighted by atomic mass is 10.2. The van der Waals surface area contributed by atoms with Crippen LogP contribution in [0.5, 0.6) is 0 Å². The summed E-state index contributed by atoms with van der Waals surface area (Å²) in [4.78, 5) is 0. The molecule has 11 heavy (non-hydrogen) atoms. The van der Waals surface area contributed by atoms with Gasteiger partial charge < -0.3 is 0 Å². The average Bonchev–Trinajstić information content (AvgIpc) is 2.03. The molecule has 0 atom stereocenters. The van der Waals surface area contributed by atoms with Crippen LogP contribution in [-0.2, 0) is 0 Å². The Kier molecular flexibility index (Phi) is 8.11. The smallest absolute Gasteiger partial charge is 0.0345 e. The summed E-state index contributed by atoms with van der Waals surface area (Å²) in [6.07, 6.45) is 15.3. The van der Waals surface area contributed by atoms with Crippen molar-refractivity contribution in [2.75, 3.05) is 0 Å². The summed E-state index contributed by atoms with van der Waals surface area (Å²) in [6, 6.07) is 0. The molecule has 0 rings (SSSR count). The van der Waals surface area contributed by atoms with Gasteiger partial charge in [-0.05, 0) is 19.3 Å². The summed E-state index contributed by atoms with van der Waals surface area (Å²) in [5.74, 6) is 0. The van der Waals surface area contributed by atoms with Crippen molar-refractivity contribution < 1.29 is 0 Å². The van der Waals surface area contributed by atoms with Gasteiger partial charge in [-0.2, -0.15) is 0 Å². The van der Waals surface area contributed by atoms with Crippen LogP contribution in [0.15, 0.2) is 49.6 Å². The van der Waals surface area contributed by atoms with E-state index >= 15 is 0 Å². The standard InChI is InChI=1S/C11H16/c1-3-5-7-9-11-10-8-6-4-2/h3-5,7,9,11H,1-2,6,8,10H2. The van der Waals surface area contributed by atoms with Gasteiger partial charge in [-0.3, -0.25) is 0 Å². The number of unbranched alkanes of at least 4 members (excludes halogenated alkanes) is 2. The summed E-state index contributed by atoms with van der Waals surface area (Å²) in [5.41, 5.74) is 0. The fraction of sp³-hybridized carbons (Fsp3) is 0.273. The third kappa shape index (κ3) is 8.96. The zero-order valence-corrected chi connectivity index (χ0v) is 7.00. The molecule has 0 aliphatic rings. The minimum absolute atomic E-state index is 1.11. The molecule has 0 aromatic heterocycles. The van der Waals surface area contributed by atoms with Gasteiger partial charge in [0.05, 0.1) is 0 Å². The van der Waals surface area contributed by atoms with E-state index in [9.17, 15) is 0 Å². The van der Waals surface area contributed by atoms with Gasteiger partial charge in [0.25, 0.3) is 0 Å². The SMILES string of the molecule is C=CC=CC=CCCCC=C. The highest BCUT2D eigenvalue weighted by molar-refractivity contribution is 5.08. The van der Waals surface area contributed by atoms with Crippen molar-refractivity contribution in [3.63, 3.8) is 0 Å². The third-order valence-electron chi connectivity index (χ3n) is 1.27. The Morgan fingerprint density at radius 2 is 1.73 bits per heavy atom. The summed E-state index contributed by atoms with van der Waals surface area (Å²) in [6.45, 7) is 7.23. The zero-order chi connectivity index (χ0) is 8.36. The molecular formula is C11H16. The molecule has 0 aliphatic heterocycles. The first-order valence-electron chi connectivity index (χ1n) is 3.97. The van der Waals surface area contributed by atoms with Crippen molar-refractivity contribution in [2.24, 2.45) is 0 Å². The van der Waals surface area contributed by atoms with Gasteiger partial charge >= 0.3 is 0 Å². The van der Waals surface area contributed by atoms with E-state index in [2.05, 4.69) is 19.2 Å². The maximum absolute atomic E-state index is 3.66. The average molecular weight is 148 g/mol. The molecule has 0 N–H and O–H groups in total. The van der Waals surface area contributed by atoms with Crippen molar-refractivity contribution in [3.8, 4) is 0 Å². The second kappa shape index (κ2) is 8.96. The Balaban J connectivity index is 3.22.